The summed E-state index contributed by atoms with van der Waals surface area (Å²) < 4.78 is 27.3. The van der Waals surface area contributed by atoms with E-state index in [1.165, 1.54) is 11.3 Å². The number of nitrogens with zero attached hydrogens (tertiary/aromatic N) is 3. The Labute approximate surface area is 142 Å². The molecule has 6 nitrogen and oxygen atoms in total. The average Bonchev–Trinajstić information content (AvgIpc) is 2.67. The van der Waals surface area contributed by atoms with Gasteiger partial charge < -0.3 is 4.90 Å². The Balaban J connectivity index is 2.08. The molecule has 1 aromatic heterocycles. The summed E-state index contributed by atoms with van der Waals surface area (Å²) in [6.45, 7) is 6.38. The standard InChI is InChI=1S/C15H25N3O3S2/c1-12-10-14(13(2)22-12)23(20,21)18-7-5-6-17(8-9-18)11-15(19)16(3)4/h10H,5-9,11H2,1-4H3. The molecular formula is C15H25N3O3S2. The van der Waals surface area contributed by atoms with E-state index in [-0.39, 0.29) is 5.91 Å². The Morgan fingerprint density at radius 2 is 1.91 bits per heavy atom. The summed E-state index contributed by atoms with van der Waals surface area (Å²) in [7, 11) is 0.0277. The van der Waals surface area contributed by atoms with Crippen LogP contribution in [0, 0.1) is 13.8 Å². The minimum Gasteiger partial charge on any atom is -0.348 e. The van der Waals surface area contributed by atoms with Gasteiger partial charge in [-0.25, -0.2) is 8.42 Å². The van der Waals surface area contributed by atoms with Gasteiger partial charge in [0, 0.05) is 43.5 Å². The minimum absolute atomic E-state index is 0.0469. The van der Waals surface area contributed by atoms with Crippen LogP contribution in [-0.2, 0) is 14.8 Å². The number of aryl methyl sites for hydroxylation is 2. The summed E-state index contributed by atoms with van der Waals surface area (Å²) in [6, 6.07) is 1.76. The van der Waals surface area contributed by atoms with Crippen molar-refractivity contribution in [1.29, 1.82) is 0 Å². The summed E-state index contributed by atoms with van der Waals surface area (Å²) in [5.74, 6) is 0.0469. The van der Waals surface area contributed by atoms with Crippen molar-refractivity contribution < 1.29 is 13.2 Å². The maximum Gasteiger partial charge on any atom is 0.244 e. The molecule has 130 valence electrons. The van der Waals surface area contributed by atoms with E-state index >= 15 is 0 Å². The number of carbonyl (C=O) groups is 1. The van der Waals surface area contributed by atoms with Crippen LogP contribution in [0.1, 0.15) is 16.2 Å². The highest BCUT2D eigenvalue weighted by Gasteiger charge is 2.29. The molecule has 0 aromatic carbocycles. The molecule has 0 unspecified atom stereocenters. The summed E-state index contributed by atoms with van der Waals surface area (Å²) >= 11 is 1.51. The van der Waals surface area contributed by atoms with Gasteiger partial charge in [0.15, 0.2) is 0 Å². The van der Waals surface area contributed by atoms with Crippen LogP contribution in [0.2, 0.25) is 0 Å². The van der Waals surface area contributed by atoms with E-state index in [9.17, 15) is 13.2 Å². The quantitative estimate of drug-likeness (QED) is 0.809. The number of likely N-dealkylation sites (N-methyl/N-ethyl adjacent to an activating group) is 1. The van der Waals surface area contributed by atoms with Crippen molar-refractivity contribution in [2.24, 2.45) is 0 Å². The minimum atomic E-state index is -3.44. The number of hydrogen-bond donors (Lipinski definition) is 0. The van der Waals surface area contributed by atoms with Gasteiger partial charge in [0.05, 0.1) is 11.4 Å². The molecule has 1 amide bonds. The van der Waals surface area contributed by atoms with Crippen LogP contribution in [0.5, 0.6) is 0 Å². The van der Waals surface area contributed by atoms with Gasteiger partial charge in [-0.05, 0) is 32.9 Å². The van der Waals surface area contributed by atoms with E-state index in [1.54, 1.807) is 29.4 Å². The van der Waals surface area contributed by atoms with Crippen LogP contribution >= 0.6 is 11.3 Å². The molecule has 2 rings (SSSR count). The van der Waals surface area contributed by atoms with Gasteiger partial charge in [-0.1, -0.05) is 0 Å². The predicted octanol–water partition coefficient (Wildman–Crippen LogP) is 1.15. The molecule has 0 radical (unpaired) electrons. The van der Waals surface area contributed by atoms with Crippen molar-refractivity contribution in [2.45, 2.75) is 25.2 Å². The van der Waals surface area contributed by atoms with Crippen LogP contribution in [0.4, 0.5) is 0 Å². The van der Waals surface area contributed by atoms with Gasteiger partial charge in [0.1, 0.15) is 0 Å². The van der Waals surface area contributed by atoms with Gasteiger partial charge in [0.2, 0.25) is 15.9 Å². The molecule has 0 atom stereocenters. The third-order valence-corrected chi connectivity index (χ3v) is 7.14. The Hall–Kier alpha value is -0.960. The molecule has 1 aliphatic rings. The lowest BCUT2D eigenvalue weighted by molar-refractivity contribution is -0.129. The van der Waals surface area contributed by atoms with Crippen molar-refractivity contribution in [2.75, 3.05) is 46.8 Å². The Morgan fingerprint density at radius 1 is 1.22 bits per heavy atom. The van der Waals surface area contributed by atoms with Crippen LogP contribution in [0.25, 0.3) is 0 Å². The molecule has 1 aromatic rings. The molecule has 0 spiro atoms. The Kier molecular flexibility index (Phi) is 5.83. The lowest BCUT2D eigenvalue weighted by atomic mass is 10.4. The molecule has 1 fully saturated rings. The highest BCUT2D eigenvalue weighted by molar-refractivity contribution is 7.89. The first kappa shape index (κ1) is 18.4. The number of sulfonamides is 1. The molecule has 23 heavy (non-hydrogen) atoms. The number of carbonyl (C=O) groups excluding carboxylic acids is 1. The highest BCUT2D eigenvalue weighted by atomic mass is 32.2. The lowest BCUT2D eigenvalue weighted by Gasteiger charge is -2.22. The van der Waals surface area contributed by atoms with Crippen LogP contribution in [0.3, 0.4) is 0 Å². The second-order valence-corrected chi connectivity index (χ2v) is 9.47. The van der Waals surface area contributed by atoms with Crippen molar-refractivity contribution in [3.05, 3.63) is 15.8 Å². The fraction of sp³-hybridized carbons (Fsp3) is 0.667. The second-order valence-electron chi connectivity index (χ2n) is 6.10. The molecule has 0 bridgehead atoms. The number of rotatable bonds is 4. The number of hydrogen-bond acceptors (Lipinski definition) is 5. The molecule has 0 saturated carbocycles. The van der Waals surface area contributed by atoms with Crippen molar-refractivity contribution in [3.63, 3.8) is 0 Å². The first-order valence-corrected chi connectivity index (χ1v) is 9.97. The summed E-state index contributed by atoms with van der Waals surface area (Å²) in [6.07, 6.45) is 0.738. The fourth-order valence-electron chi connectivity index (χ4n) is 2.68. The molecule has 2 heterocycles. The van der Waals surface area contributed by atoms with Gasteiger partial charge in [0.25, 0.3) is 0 Å². The normalized spacial score (nSPS) is 17.9. The van der Waals surface area contributed by atoms with E-state index in [0.29, 0.717) is 31.1 Å². The molecule has 1 saturated heterocycles. The van der Waals surface area contributed by atoms with Gasteiger partial charge in [-0.2, -0.15) is 4.31 Å². The largest absolute Gasteiger partial charge is 0.348 e. The lowest BCUT2D eigenvalue weighted by Crippen LogP contribution is -2.39. The summed E-state index contributed by atoms with van der Waals surface area (Å²) in [5, 5.41) is 0. The zero-order valence-corrected chi connectivity index (χ0v) is 15.8. The highest BCUT2D eigenvalue weighted by Crippen LogP contribution is 2.28. The smallest absolute Gasteiger partial charge is 0.244 e. The summed E-state index contributed by atoms with van der Waals surface area (Å²) in [4.78, 5) is 17.7. The van der Waals surface area contributed by atoms with Gasteiger partial charge >= 0.3 is 0 Å². The first-order valence-electron chi connectivity index (χ1n) is 7.71. The van der Waals surface area contributed by atoms with Crippen molar-refractivity contribution in [3.8, 4) is 0 Å². The van der Waals surface area contributed by atoms with Crippen molar-refractivity contribution in [1.82, 2.24) is 14.1 Å². The number of thiophene rings is 1. The van der Waals surface area contributed by atoms with E-state index < -0.39 is 10.0 Å². The monoisotopic (exact) mass is 359 g/mol. The fourth-order valence-corrected chi connectivity index (χ4v) is 5.67. The third-order valence-electron chi connectivity index (χ3n) is 4.02. The third kappa shape index (κ3) is 4.32. The zero-order valence-electron chi connectivity index (χ0n) is 14.2. The summed E-state index contributed by atoms with van der Waals surface area (Å²) in [5.41, 5.74) is 0. The van der Waals surface area contributed by atoms with Gasteiger partial charge in [-0.15, -0.1) is 11.3 Å². The molecule has 0 N–H and O–H groups in total. The molecule has 1 aliphatic heterocycles. The zero-order chi connectivity index (χ0) is 17.2. The maximum absolute atomic E-state index is 12.9. The van der Waals surface area contributed by atoms with Gasteiger partial charge in [-0.3, -0.25) is 9.69 Å². The Morgan fingerprint density at radius 3 is 2.48 bits per heavy atom. The molecule has 8 heteroatoms. The Bertz CT molecular complexity index is 668. The predicted molar refractivity (Wildman–Crippen MR) is 92.3 cm³/mol. The second kappa shape index (κ2) is 7.29. The van der Waals surface area contributed by atoms with Crippen LogP contribution < -0.4 is 0 Å². The number of amides is 1. The first-order chi connectivity index (χ1) is 10.7. The average molecular weight is 360 g/mol. The molecular weight excluding hydrogens is 334 g/mol. The van der Waals surface area contributed by atoms with E-state index in [0.717, 1.165) is 22.7 Å². The van der Waals surface area contributed by atoms with E-state index in [2.05, 4.69) is 0 Å². The van der Waals surface area contributed by atoms with Crippen LogP contribution in [0.15, 0.2) is 11.0 Å². The maximum atomic E-state index is 12.9. The SMILES string of the molecule is Cc1cc(S(=O)(=O)N2CCCN(CC(=O)N(C)C)CC2)c(C)s1. The van der Waals surface area contributed by atoms with E-state index in [4.69, 9.17) is 0 Å². The van der Waals surface area contributed by atoms with Crippen LogP contribution in [-0.4, -0.2) is 75.2 Å². The topological polar surface area (TPSA) is 60.9 Å². The van der Waals surface area contributed by atoms with Crippen molar-refractivity contribution >= 4 is 27.3 Å². The molecule has 0 aliphatic carbocycles. The van der Waals surface area contributed by atoms with E-state index in [1.807, 2.05) is 18.7 Å².